The van der Waals surface area contributed by atoms with Crippen molar-refractivity contribution >= 4 is 5.78 Å². The van der Waals surface area contributed by atoms with Gasteiger partial charge in [0.2, 0.25) is 0 Å². The van der Waals surface area contributed by atoms with Crippen LogP contribution in [0.4, 0.5) is 0 Å². The maximum absolute atomic E-state index is 11.5. The quantitative estimate of drug-likeness (QED) is 0.715. The van der Waals surface area contributed by atoms with Gasteiger partial charge in [-0.05, 0) is 39.2 Å². The van der Waals surface area contributed by atoms with Crippen LogP contribution in [0.25, 0.3) is 0 Å². The number of Topliss-reactive ketones (excluding diaryl/α,β-unsaturated/α-hetero) is 1. The Bertz CT molecular complexity index is 235. The van der Waals surface area contributed by atoms with Crippen LogP contribution in [0.1, 0.15) is 47.5 Å². The van der Waals surface area contributed by atoms with Crippen molar-refractivity contribution in [3.63, 3.8) is 0 Å². The van der Waals surface area contributed by atoms with Gasteiger partial charge in [-0.15, -0.1) is 0 Å². The molecule has 1 saturated heterocycles. The van der Waals surface area contributed by atoms with E-state index < -0.39 is 0 Å². The SMILES string of the molecule is CC(=O)C(C)(C)CN1CCCC(C)C1C. The van der Waals surface area contributed by atoms with Crippen LogP contribution in [-0.4, -0.2) is 29.8 Å². The zero-order valence-electron chi connectivity index (χ0n) is 10.8. The summed E-state index contributed by atoms with van der Waals surface area (Å²) in [6, 6.07) is 0.623. The Morgan fingerprint density at radius 3 is 2.53 bits per heavy atom. The lowest BCUT2D eigenvalue weighted by atomic mass is 9.85. The zero-order chi connectivity index (χ0) is 11.6. The normalized spacial score (nSPS) is 29.1. The number of piperidine rings is 1. The molecule has 1 heterocycles. The molecule has 2 nitrogen and oxygen atoms in total. The average molecular weight is 211 g/mol. The Labute approximate surface area is 94.0 Å². The van der Waals surface area contributed by atoms with Gasteiger partial charge in [0, 0.05) is 18.0 Å². The largest absolute Gasteiger partial charge is 0.299 e. The van der Waals surface area contributed by atoms with E-state index in [1.54, 1.807) is 6.92 Å². The lowest BCUT2D eigenvalue weighted by Gasteiger charge is -2.41. The molecule has 0 aliphatic carbocycles. The van der Waals surface area contributed by atoms with Crippen molar-refractivity contribution in [1.82, 2.24) is 4.90 Å². The zero-order valence-corrected chi connectivity index (χ0v) is 10.8. The van der Waals surface area contributed by atoms with E-state index in [0.717, 1.165) is 19.0 Å². The first-order valence-electron chi connectivity index (χ1n) is 6.09. The van der Waals surface area contributed by atoms with Crippen molar-refractivity contribution in [2.24, 2.45) is 11.3 Å². The summed E-state index contributed by atoms with van der Waals surface area (Å²) in [5.74, 6) is 1.06. The molecule has 2 heteroatoms. The summed E-state index contributed by atoms with van der Waals surface area (Å²) in [6.07, 6.45) is 2.61. The molecule has 0 amide bonds. The summed E-state index contributed by atoms with van der Waals surface area (Å²) < 4.78 is 0. The van der Waals surface area contributed by atoms with E-state index in [4.69, 9.17) is 0 Å². The molecule has 0 saturated carbocycles. The van der Waals surface area contributed by atoms with Gasteiger partial charge < -0.3 is 0 Å². The molecule has 0 bridgehead atoms. The molecule has 0 aromatic carbocycles. The van der Waals surface area contributed by atoms with Crippen LogP contribution in [0.5, 0.6) is 0 Å². The standard InChI is InChI=1S/C13H25NO/c1-10-7-6-8-14(11(10)2)9-13(4,5)12(3)15/h10-11H,6-9H2,1-5H3. The van der Waals surface area contributed by atoms with Crippen molar-refractivity contribution in [1.29, 1.82) is 0 Å². The first-order chi connectivity index (χ1) is 6.84. The summed E-state index contributed by atoms with van der Waals surface area (Å²) in [4.78, 5) is 14.0. The van der Waals surface area contributed by atoms with Crippen molar-refractivity contribution in [2.75, 3.05) is 13.1 Å². The van der Waals surface area contributed by atoms with E-state index in [-0.39, 0.29) is 5.41 Å². The van der Waals surface area contributed by atoms with Crippen molar-refractivity contribution < 1.29 is 4.79 Å². The minimum atomic E-state index is -0.189. The van der Waals surface area contributed by atoms with Crippen molar-refractivity contribution in [2.45, 2.75) is 53.5 Å². The lowest BCUT2D eigenvalue weighted by molar-refractivity contribution is -0.126. The van der Waals surface area contributed by atoms with Crippen LogP contribution in [-0.2, 0) is 4.79 Å². The summed E-state index contributed by atoms with van der Waals surface area (Å²) in [7, 11) is 0. The van der Waals surface area contributed by atoms with Gasteiger partial charge in [0.05, 0.1) is 0 Å². The number of likely N-dealkylation sites (tertiary alicyclic amines) is 1. The number of carbonyl (C=O) groups is 1. The number of hydrogen-bond acceptors (Lipinski definition) is 2. The summed E-state index contributed by atoms with van der Waals surface area (Å²) in [5.41, 5.74) is -0.189. The van der Waals surface area contributed by atoms with E-state index in [0.29, 0.717) is 11.8 Å². The van der Waals surface area contributed by atoms with Crippen molar-refractivity contribution in [3.8, 4) is 0 Å². The first-order valence-corrected chi connectivity index (χ1v) is 6.09. The predicted octanol–water partition coefficient (Wildman–Crippen LogP) is 2.72. The van der Waals surface area contributed by atoms with Gasteiger partial charge in [0.1, 0.15) is 5.78 Å². The highest BCUT2D eigenvalue weighted by Crippen LogP contribution is 2.27. The maximum atomic E-state index is 11.5. The van der Waals surface area contributed by atoms with Gasteiger partial charge in [0.25, 0.3) is 0 Å². The number of ketones is 1. The topological polar surface area (TPSA) is 20.3 Å². The van der Waals surface area contributed by atoms with Gasteiger partial charge in [-0.1, -0.05) is 20.8 Å². The molecule has 1 rings (SSSR count). The van der Waals surface area contributed by atoms with Gasteiger partial charge in [-0.2, -0.15) is 0 Å². The second-order valence-electron chi connectivity index (χ2n) is 5.77. The molecule has 15 heavy (non-hydrogen) atoms. The molecular weight excluding hydrogens is 186 g/mol. The fourth-order valence-electron chi connectivity index (χ4n) is 2.26. The number of hydrogen-bond donors (Lipinski definition) is 0. The molecular formula is C13H25NO. The molecule has 0 aromatic rings. The molecule has 0 aromatic heterocycles. The summed E-state index contributed by atoms with van der Waals surface area (Å²) in [5, 5.41) is 0. The van der Waals surface area contributed by atoms with Crippen LogP contribution in [0.2, 0.25) is 0 Å². The maximum Gasteiger partial charge on any atom is 0.136 e. The van der Waals surface area contributed by atoms with Crippen LogP contribution in [0.15, 0.2) is 0 Å². The minimum Gasteiger partial charge on any atom is -0.299 e. The first kappa shape index (κ1) is 12.7. The number of rotatable bonds is 3. The fourth-order valence-corrected chi connectivity index (χ4v) is 2.26. The van der Waals surface area contributed by atoms with E-state index >= 15 is 0 Å². The monoisotopic (exact) mass is 211 g/mol. The van der Waals surface area contributed by atoms with Crippen LogP contribution >= 0.6 is 0 Å². The van der Waals surface area contributed by atoms with E-state index in [1.165, 1.54) is 12.8 Å². The third-order valence-electron chi connectivity index (χ3n) is 4.06. The smallest absolute Gasteiger partial charge is 0.136 e. The molecule has 0 spiro atoms. The van der Waals surface area contributed by atoms with Crippen molar-refractivity contribution in [3.05, 3.63) is 0 Å². The Morgan fingerprint density at radius 1 is 1.40 bits per heavy atom. The highest BCUT2D eigenvalue weighted by Gasteiger charge is 2.32. The Balaban J connectivity index is 2.61. The molecule has 2 atom stereocenters. The molecule has 1 fully saturated rings. The third kappa shape index (κ3) is 3.04. The summed E-state index contributed by atoms with van der Waals surface area (Å²) in [6.45, 7) is 12.5. The lowest BCUT2D eigenvalue weighted by Crippen LogP contribution is -2.48. The van der Waals surface area contributed by atoms with Gasteiger partial charge in [0.15, 0.2) is 0 Å². The molecule has 0 N–H and O–H groups in total. The van der Waals surface area contributed by atoms with E-state index in [1.807, 2.05) is 0 Å². The van der Waals surface area contributed by atoms with Gasteiger partial charge in [-0.25, -0.2) is 0 Å². The molecule has 2 unspecified atom stereocenters. The fraction of sp³-hybridized carbons (Fsp3) is 0.923. The molecule has 1 aliphatic rings. The highest BCUT2D eigenvalue weighted by molar-refractivity contribution is 5.81. The van der Waals surface area contributed by atoms with E-state index in [2.05, 4.69) is 32.6 Å². The van der Waals surface area contributed by atoms with Crippen LogP contribution in [0, 0.1) is 11.3 Å². The Hall–Kier alpha value is -0.370. The Morgan fingerprint density at radius 2 is 2.00 bits per heavy atom. The average Bonchev–Trinajstić information content (AvgIpc) is 2.12. The molecule has 0 radical (unpaired) electrons. The van der Waals surface area contributed by atoms with Crippen LogP contribution < -0.4 is 0 Å². The predicted molar refractivity (Wildman–Crippen MR) is 63.9 cm³/mol. The third-order valence-corrected chi connectivity index (χ3v) is 4.06. The minimum absolute atomic E-state index is 0.189. The van der Waals surface area contributed by atoms with E-state index in [9.17, 15) is 4.79 Å². The number of carbonyl (C=O) groups excluding carboxylic acids is 1. The number of nitrogens with zero attached hydrogens (tertiary/aromatic N) is 1. The molecule has 1 aliphatic heterocycles. The Kier molecular flexibility index (Phi) is 3.93. The second-order valence-corrected chi connectivity index (χ2v) is 5.77. The second kappa shape index (κ2) is 4.65. The van der Waals surface area contributed by atoms with Crippen LogP contribution in [0.3, 0.4) is 0 Å². The summed E-state index contributed by atoms with van der Waals surface area (Å²) >= 11 is 0. The highest BCUT2D eigenvalue weighted by atomic mass is 16.1. The van der Waals surface area contributed by atoms with Gasteiger partial charge >= 0.3 is 0 Å². The van der Waals surface area contributed by atoms with Gasteiger partial charge in [-0.3, -0.25) is 9.69 Å². The molecule has 88 valence electrons.